The monoisotopic (exact) mass is 329 g/mol. The normalized spacial score (nSPS) is 23.3. The van der Waals surface area contributed by atoms with Crippen molar-refractivity contribution in [1.29, 1.82) is 5.26 Å². The molecule has 2 aliphatic rings. The summed E-state index contributed by atoms with van der Waals surface area (Å²) in [5, 5.41) is 19.5. The Morgan fingerprint density at radius 2 is 2.12 bits per heavy atom. The molecule has 0 bridgehead atoms. The van der Waals surface area contributed by atoms with Gasteiger partial charge in [-0.3, -0.25) is 14.8 Å². The summed E-state index contributed by atoms with van der Waals surface area (Å²) >= 11 is 0. The van der Waals surface area contributed by atoms with E-state index in [2.05, 4.69) is 26.5 Å². The Kier molecular flexibility index (Phi) is 5.20. The molecular formula is C18H27N5O. The Bertz CT molecular complexity index is 577. The number of nitriles is 1. The van der Waals surface area contributed by atoms with Gasteiger partial charge in [0.25, 0.3) is 0 Å². The van der Waals surface area contributed by atoms with Crippen LogP contribution in [0.2, 0.25) is 0 Å². The van der Waals surface area contributed by atoms with Crippen LogP contribution in [-0.4, -0.2) is 45.7 Å². The fourth-order valence-electron chi connectivity index (χ4n) is 4.03. The molecule has 2 fully saturated rings. The molecular weight excluding hydrogens is 302 g/mol. The van der Waals surface area contributed by atoms with Gasteiger partial charge < -0.3 is 5.32 Å². The fourth-order valence-corrected chi connectivity index (χ4v) is 4.03. The van der Waals surface area contributed by atoms with Crippen LogP contribution in [0.15, 0.2) is 12.4 Å². The molecule has 2 heterocycles. The average Bonchev–Trinajstić information content (AvgIpc) is 3.16. The van der Waals surface area contributed by atoms with E-state index < -0.39 is 5.54 Å². The molecule has 1 saturated carbocycles. The van der Waals surface area contributed by atoms with Gasteiger partial charge in [0.15, 0.2) is 0 Å². The third-order valence-corrected chi connectivity index (χ3v) is 5.73. The molecule has 1 unspecified atom stereocenters. The van der Waals surface area contributed by atoms with Gasteiger partial charge in [-0.1, -0.05) is 19.3 Å². The highest BCUT2D eigenvalue weighted by atomic mass is 16.2. The quantitative estimate of drug-likeness (QED) is 0.888. The number of nitrogens with zero attached hydrogens (tertiary/aromatic N) is 3. The molecule has 1 saturated heterocycles. The number of hydrogen-bond donors (Lipinski definition) is 2. The van der Waals surface area contributed by atoms with Crippen molar-refractivity contribution in [3.8, 4) is 6.07 Å². The van der Waals surface area contributed by atoms with Crippen molar-refractivity contribution in [2.75, 3.05) is 13.1 Å². The summed E-state index contributed by atoms with van der Waals surface area (Å²) in [6, 6.07) is 2.19. The lowest BCUT2D eigenvalue weighted by molar-refractivity contribution is -0.128. The smallest absolute Gasteiger partial charge is 0.238 e. The Morgan fingerprint density at radius 1 is 1.42 bits per heavy atom. The van der Waals surface area contributed by atoms with Crippen LogP contribution in [0, 0.1) is 11.3 Å². The van der Waals surface area contributed by atoms with E-state index >= 15 is 0 Å². The summed E-state index contributed by atoms with van der Waals surface area (Å²) in [6.45, 7) is 3.77. The van der Waals surface area contributed by atoms with Gasteiger partial charge in [0.1, 0.15) is 5.54 Å². The van der Waals surface area contributed by atoms with Crippen molar-refractivity contribution in [2.45, 2.75) is 69.4 Å². The number of aromatic amines is 1. The largest absolute Gasteiger partial charge is 0.336 e. The second kappa shape index (κ2) is 7.35. The number of hydrogen-bond acceptors (Lipinski definition) is 4. The fraction of sp³-hybridized carbons (Fsp3) is 0.722. The number of H-pyrrole nitrogens is 1. The maximum atomic E-state index is 12.7. The predicted molar refractivity (Wildman–Crippen MR) is 91.2 cm³/mol. The van der Waals surface area contributed by atoms with Gasteiger partial charge in [0.05, 0.1) is 18.3 Å². The summed E-state index contributed by atoms with van der Waals surface area (Å²) in [7, 11) is 0. The number of carbonyl (C=O) groups excluding carboxylic acids is 1. The van der Waals surface area contributed by atoms with E-state index in [4.69, 9.17) is 0 Å². The number of rotatable bonds is 4. The summed E-state index contributed by atoms with van der Waals surface area (Å²) in [4.78, 5) is 14.9. The van der Waals surface area contributed by atoms with Crippen molar-refractivity contribution < 1.29 is 4.79 Å². The molecule has 24 heavy (non-hydrogen) atoms. The zero-order valence-corrected chi connectivity index (χ0v) is 14.4. The van der Waals surface area contributed by atoms with E-state index in [-0.39, 0.29) is 11.9 Å². The molecule has 1 amide bonds. The second-order valence-corrected chi connectivity index (χ2v) is 7.26. The molecule has 0 spiro atoms. The number of amides is 1. The number of nitrogens with one attached hydrogen (secondary N) is 2. The summed E-state index contributed by atoms with van der Waals surface area (Å²) < 4.78 is 0. The Morgan fingerprint density at radius 3 is 2.71 bits per heavy atom. The van der Waals surface area contributed by atoms with E-state index in [1.54, 1.807) is 0 Å². The van der Waals surface area contributed by atoms with Crippen molar-refractivity contribution in [2.24, 2.45) is 0 Å². The third kappa shape index (κ3) is 3.62. The van der Waals surface area contributed by atoms with Crippen LogP contribution in [0.25, 0.3) is 0 Å². The zero-order valence-electron chi connectivity index (χ0n) is 14.4. The van der Waals surface area contributed by atoms with Gasteiger partial charge in [0.2, 0.25) is 5.91 Å². The highest BCUT2D eigenvalue weighted by Crippen LogP contribution is 2.30. The van der Waals surface area contributed by atoms with E-state index in [0.29, 0.717) is 5.92 Å². The molecule has 1 aliphatic heterocycles. The summed E-state index contributed by atoms with van der Waals surface area (Å²) in [5.74, 6) is 0.527. The number of aromatic nitrogens is 2. The Labute approximate surface area is 143 Å². The van der Waals surface area contributed by atoms with Gasteiger partial charge in [-0.25, -0.2) is 0 Å². The minimum atomic E-state index is -0.640. The van der Waals surface area contributed by atoms with E-state index in [1.807, 2.05) is 19.3 Å². The number of carbonyl (C=O) groups is 1. The number of likely N-dealkylation sites (tertiary alicyclic amines) is 1. The molecule has 6 nitrogen and oxygen atoms in total. The van der Waals surface area contributed by atoms with Crippen LogP contribution in [0.1, 0.15) is 63.4 Å². The van der Waals surface area contributed by atoms with Crippen LogP contribution in [0.5, 0.6) is 0 Å². The highest BCUT2D eigenvalue weighted by Gasteiger charge is 2.36. The van der Waals surface area contributed by atoms with Crippen molar-refractivity contribution in [3.63, 3.8) is 0 Å². The molecule has 1 aromatic rings. The van der Waals surface area contributed by atoms with Crippen LogP contribution in [-0.2, 0) is 4.79 Å². The van der Waals surface area contributed by atoms with E-state index in [9.17, 15) is 10.1 Å². The van der Waals surface area contributed by atoms with Gasteiger partial charge in [-0.05, 0) is 57.2 Å². The topological polar surface area (TPSA) is 84.8 Å². The maximum absolute atomic E-state index is 12.7. The Hall–Kier alpha value is -1.87. The van der Waals surface area contributed by atoms with E-state index in [1.165, 1.54) is 5.56 Å². The predicted octanol–water partition coefficient (Wildman–Crippen LogP) is 2.32. The lowest BCUT2D eigenvalue weighted by Crippen LogP contribution is -2.55. The number of piperidine rings is 1. The molecule has 1 aromatic heterocycles. The van der Waals surface area contributed by atoms with Crippen molar-refractivity contribution >= 4 is 5.91 Å². The molecule has 6 heteroatoms. The molecule has 0 aromatic carbocycles. The summed E-state index contributed by atoms with van der Waals surface area (Å²) in [6.07, 6.45) is 10.7. The first-order valence-electron chi connectivity index (χ1n) is 9.09. The minimum Gasteiger partial charge on any atom is -0.336 e. The summed E-state index contributed by atoms with van der Waals surface area (Å²) in [5.41, 5.74) is 0.621. The first-order chi connectivity index (χ1) is 11.6. The van der Waals surface area contributed by atoms with E-state index in [0.717, 1.165) is 58.0 Å². The molecule has 1 atom stereocenters. The molecule has 0 radical (unpaired) electrons. The first-order valence-corrected chi connectivity index (χ1v) is 9.09. The first kappa shape index (κ1) is 17.0. The standard InChI is InChI=1S/C18H27N5O/c1-14(17(24)22-18(13-19)7-3-2-4-8-18)23-9-5-15(6-10-23)16-11-20-21-12-16/h11-12,14-15H,2-10H2,1H3,(H,20,21)(H,22,24). The minimum absolute atomic E-state index is 0.000195. The van der Waals surface area contributed by atoms with Crippen LogP contribution in [0.3, 0.4) is 0 Å². The average molecular weight is 329 g/mol. The van der Waals surface area contributed by atoms with Crippen molar-refractivity contribution in [3.05, 3.63) is 18.0 Å². The third-order valence-electron chi connectivity index (χ3n) is 5.73. The SMILES string of the molecule is CC(C(=O)NC1(C#N)CCCCC1)N1CCC(c2cn[nH]c2)CC1. The van der Waals surface area contributed by atoms with Crippen LogP contribution in [0.4, 0.5) is 0 Å². The maximum Gasteiger partial charge on any atom is 0.238 e. The van der Waals surface area contributed by atoms with Gasteiger partial charge >= 0.3 is 0 Å². The lowest BCUT2D eigenvalue weighted by Gasteiger charge is -2.37. The molecule has 2 N–H and O–H groups in total. The molecule has 1 aliphatic carbocycles. The molecule has 3 rings (SSSR count). The van der Waals surface area contributed by atoms with Gasteiger partial charge in [0, 0.05) is 6.20 Å². The second-order valence-electron chi connectivity index (χ2n) is 7.26. The Balaban J connectivity index is 1.54. The van der Waals surface area contributed by atoms with Crippen molar-refractivity contribution in [1.82, 2.24) is 20.4 Å². The zero-order chi connectivity index (χ0) is 17.0. The van der Waals surface area contributed by atoms with Gasteiger partial charge in [-0.15, -0.1) is 0 Å². The van der Waals surface area contributed by atoms with Crippen LogP contribution < -0.4 is 5.32 Å². The highest BCUT2D eigenvalue weighted by molar-refractivity contribution is 5.82. The van der Waals surface area contributed by atoms with Crippen LogP contribution >= 0.6 is 0 Å². The van der Waals surface area contributed by atoms with Gasteiger partial charge in [-0.2, -0.15) is 10.4 Å². The lowest BCUT2D eigenvalue weighted by atomic mass is 9.82. The molecule has 130 valence electrons.